The molecule has 0 spiro atoms. The number of ether oxygens (including phenoxy) is 1. The molecule has 2 nitrogen and oxygen atoms in total. The number of hydrogen-bond acceptors (Lipinski definition) is 2. The van der Waals surface area contributed by atoms with Crippen LogP contribution in [0.15, 0.2) is 0 Å². The van der Waals surface area contributed by atoms with Gasteiger partial charge in [0.15, 0.2) is 0 Å². The van der Waals surface area contributed by atoms with E-state index >= 15 is 0 Å². The number of esters is 1. The fraction of sp³-hybridized carbons (Fsp3) is 0.900. The molecule has 0 N–H and O–H groups in total. The minimum atomic E-state index is -0.0610. The summed E-state index contributed by atoms with van der Waals surface area (Å²) in [6.45, 7) is 2.29. The molecule has 0 saturated heterocycles. The maximum absolute atomic E-state index is 10.9. The molecule has 0 heterocycles. The lowest BCUT2D eigenvalue weighted by molar-refractivity contribution is -0.141. The predicted octanol–water partition coefficient (Wildman–Crippen LogP) is 2.38. The van der Waals surface area contributed by atoms with E-state index in [1.165, 1.54) is 26.4 Å². The van der Waals surface area contributed by atoms with Gasteiger partial charge in [-0.1, -0.05) is 26.2 Å². The summed E-state index contributed by atoms with van der Waals surface area (Å²) in [5.74, 6) is 1.52. The Kier molecular flexibility index (Phi) is 3.57. The Morgan fingerprint density at radius 2 is 2.25 bits per heavy atom. The summed E-state index contributed by atoms with van der Waals surface area (Å²) in [5.41, 5.74) is 0. The molecule has 1 rings (SSSR count). The highest BCUT2D eigenvalue weighted by Gasteiger charge is 2.23. The second kappa shape index (κ2) is 4.48. The third kappa shape index (κ3) is 2.50. The van der Waals surface area contributed by atoms with E-state index in [2.05, 4.69) is 11.7 Å². The van der Waals surface area contributed by atoms with Crippen LogP contribution in [0.3, 0.4) is 0 Å². The molecule has 0 aromatic carbocycles. The Hall–Kier alpha value is -0.530. The first-order chi connectivity index (χ1) is 5.74. The van der Waals surface area contributed by atoms with Crippen LogP contribution in [-0.2, 0) is 9.53 Å². The van der Waals surface area contributed by atoms with Crippen LogP contribution in [0.5, 0.6) is 0 Å². The van der Waals surface area contributed by atoms with Crippen LogP contribution in [0.25, 0.3) is 0 Å². The molecule has 0 bridgehead atoms. The van der Waals surface area contributed by atoms with E-state index < -0.39 is 0 Å². The first-order valence-corrected chi connectivity index (χ1v) is 4.81. The molecule has 1 aliphatic rings. The van der Waals surface area contributed by atoms with Gasteiger partial charge in [0.25, 0.3) is 0 Å². The molecule has 0 unspecified atom stereocenters. The number of rotatable bonds is 3. The summed E-state index contributed by atoms with van der Waals surface area (Å²) in [6, 6.07) is 0. The Morgan fingerprint density at radius 3 is 2.75 bits per heavy atom. The van der Waals surface area contributed by atoms with Crippen molar-refractivity contribution in [2.45, 2.75) is 39.0 Å². The van der Waals surface area contributed by atoms with Crippen molar-refractivity contribution in [3.05, 3.63) is 0 Å². The second-order valence-electron chi connectivity index (χ2n) is 3.78. The van der Waals surface area contributed by atoms with Crippen LogP contribution in [0.4, 0.5) is 0 Å². The summed E-state index contributed by atoms with van der Waals surface area (Å²) >= 11 is 0. The predicted molar refractivity (Wildman–Crippen MR) is 47.8 cm³/mol. The Labute approximate surface area is 74.3 Å². The zero-order chi connectivity index (χ0) is 8.97. The molecule has 0 aromatic heterocycles. The minimum Gasteiger partial charge on any atom is -0.469 e. The molecule has 2 atom stereocenters. The lowest BCUT2D eigenvalue weighted by Gasteiger charge is -2.13. The zero-order valence-electron chi connectivity index (χ0n) is 8.01. The quantitative estimate of drug-likeness (QED) is 0.608. The van der Waals surface area contributed by atoms with Crippen LogP contribution in [0.1, 0.15) is 39.0 Å². The van der Waals surface area contributed by atoms with Crippen LogP contribution >= 0.6 is 0 Å². The molecule has 1 fully saturated rings. The number of carbonyl (C=O) groups excluding carboxylic acids is 1. The highest BCUT2D eigenvalue weighted by Crippen LogP contribution is 2.34. The molecule has 70 valence electrons. The zero-order valence-corrected chi connectivity index (χ0v) is 8.01. The third-order valence-corrected chi connectivity index (χ3v) is 2.99. The van der Waals surface area contributed by atoms with E-state index in [4.69, 9.17) is 0 Å². The van der Waals surface area contributed by atoms with E-state index in [-0.39, 0.29) is 5.97 Å². The van der Waals surface area contributed by atoms with E-state index in [0.717, 1.165) is 18.3 Å². The summed E-state index contributed by atoms with van der Waals surface area (Å²) in [6.07, 6.45) is 5.61. The first kappa shape index (κ1) is 9.56. The lowest BCUT2D eigenvalue weighted by atomic mass is 9.93. The molecule has 12 heavy (non-hydrogen) atoms. The molecule has 0 radical (unpaired) electrons. The Bertz CT molecular complexity index is 154. The van der Waals surface area contributed by atoms with E-state index in [0.29, 0.717) is 6.42 Å². The van der Waals surface area contributed by atoms with Crippen molar-refractivity contribution in [1.82, 2.24) is 0 Å². The molecule has 1 saturated carbocycles. The molecular formula is C10H18O2. The van der Waals surface area contributed by atoms with Gasteiger partial charge in [-0.25, -0.2) is 0 Å². The van der Waals surface area contributed by atoms with Gasteiger partial charge in [0.1, 0.15) is 0 Å². The molecular weight excluding hydrogens is 152 g/mol. The first-order valence-electron chi connectivity index (χ1n) is 4.81. The van der Waals surface area contributed by atoms with Gasteiger partial charge < -0.3 is 4.74 Å². The van der Waals surface area contributed by atoms with Crippen molar-refractivity contribution in [3.8, 4) is 0 Å². The molecule has 0 aliphatic heterocycles. The fourth-order valence-corrected chi connectivity index (χ4v) is 2.06. The SMILES string of the molecule is COC(=O)CC[C@H]1CCC[C@@H]1C. The molecule has 1 aliphatic carbocycles. The molecule has 0 aromatic rings. The van der Waals surface area contributed by atoms with Crippen LogP contribution in [0.2, 0.25) is 0 Å². The number of methoxy groups -OCH3 is 1. The van der Waals surface area contributed by atoms with Gasteiger partial charge in [-0.2, -0.15) is 0 Å². The fourth-order valence-electron chi connectivity index (χ4n) is 2.06. The van der Waals surface area contributed by atoms with Gasteiger partial charge in [-0.05, 0) is 18.3 Å². The van der Waals surface area contributed by atoms with Crippen molar-refractivity contribution in [2.24, 2.45) is 11.8 Å². The van der Waals surface area contributed by atoms with Crippen LogP contribution in [-0.4, -0.2) is 13.1 Å². The second-order valence-corrected chi connectivity index (χ2v) is 3.78. The minimum absolute atomic E-state index is 0.0610. The van der Waals surface area contributed by atoms with Gasteiger partial charge in [-0.3, -0.25) is 4.79 Å². The van der Waals surface area contributed by atoms with Gasteiger partial charge in [-0.15, -0.1) is 0 Å². The van der Waals surface area contributed by atoms with Crippen molar-refractivity contribution >= 4 is 5.97 Å². The maximum atomic E-state index is 10.9. The largest absolute Gasteiger partial charge is 0.469 e. The summed E-state index contributed by atoms with van der Waals surface area (Å²) in [7, 11) is 1.46. The average molecular weight is 170 g/mol. The van der Waals surface area contributed by atoms with Crippen molar-refractivity contribution in [2.75, 3.05) is 7.11 Å². The highest BCUT2D eigenvalue weighted by molar-refractivity contribution is 5.69. The van der Waals surface area contributed by atoms with Crippen LogP contribution in [0, 0.1) is 11.8 Å². The Balaban J connectivity index is 2.18. The standard InChI is InChI=1S/C10H18O2/c1-8-4-3-5-9(8)6-7-10(11)12-2/h8-9H,3-7H2,1-2H3/t8-,9+/m0/s1. The normalized spacial score (nSPS) is 28.8. The van der Waals surface area contributed by atoms with E-state index in [1.807, 2.05) is 0 Å². The van der Waals surface area contributed by atoms with Crippen LogP contribution < -0.4 is 0 Å². The van der Waals surface area contributed by atoms with Gasteiger partial charge >= 0.3 is 5.97 Å². The summed E-state index contributed by atoms with van der Waals surface area (Å²) in [5, 5.41) is 0. The highest BCUT2D eigenvalue weighted by atomic mass is 16.5. The number of hydrogen-bond donors (Lipinski definition) is 0. The third-order valence-electron chi connectivity index (χ3n) is 2.99. The smallest absolute Gasteiger partial charge is 0.305 e. The molecule has 2 heteroatoms. The topological polar surface area (TPSA) is 26.3 Å². The van der Waals surface area contributed by atoms with Crippen molar-refractivity contribution in [1.29, 1.82) is 0 Å². The Morgan fingerprint density at radius 1 is 1.50 bits per heavy atom. The van der Waals surface area contributed by atoms with Gasteiger partial charge in [0.05, 0.1) is 7.11 Å². The van der Waals surface area contributed by atoms with E-state index in [1.54, 1.807) is 0 Å². The summed E-state index contributed by atoms with van der Waals surface area (Å²) in [4.78, 5) is 10.9. The monoisotopic (exact) mass is 170 g/mol. The van der Waals surface area contributed by atoms with Crippen molar-refractivity contribution < 1.29 is 9.53 Å². The maximum Gasteiger partial charge on any atom is 0.305 e. The summed E-state index contributed by atoms with van der Waals surface area (Å²) < 4.78 is 4.61. The van der Waals surface area contributed by atoms with Crippen molar-refractivity contribution in [3.63, 3.8) is 0 Å². The molecule has 0 amide bonds. The van der Waals surface area contributed by atoms with Gasteiger partial charge in [0.2, 0.25) is 0 Å². The van der Waals surface area contributed by atoms with Gasteiger partial charge in [0, 0.05) is 6.42 Å². The average Bonchev–Trinajstić information content (AvgIpc) is 2.47. The number of carbonyl (C=O) groups is 1. The van der Waals surface area contributed by atoms with E-state index in [9.17, 15) is 4.79 Å². The lowest BCUT2D eigenvalue weighted by Crippen LogP contribution is -2.08.